The summed E-state index contributed by atoms with van der Waals surface area (Å²) in [7, 11) is 2.93. The Hall–Kier alpha value is -3.02. The van der Waals surface area contributed by atoms with E-state index in [2.05, 4.69) is 6.58 Å². The van der Waals surface area contributed by atoms with Crippen LogP contribution in [0.5, 0.6) is 17.2 Å². The zero-order valence-electron chi connectivity index (χ0n) is 14.3. The summed E-state index contributed by atoms with van der Waals surface area (Å²) < 4.78 is 10.4. The Bertz CT molecular complexity index is 687. The van der Waals surface area contributed by atoms with Crippen LogP contribution in [0.15, 0.2) is 48.6 Å². The fraction of sp³-hybridized carbons (Fsp3) is 0.263. The average Bonchev–Trinajstić information content (AvgIpc) is 2.59. The van der Waals surface area contributed by atoms with Crippen LogP contribution in [0.3, 0.4) is 0 Å². The highest BCUT2D eigenvalue weighted by Crippen LogP contribution is 2.42. The number of carboxylic acids is 1. The number of allylic oxidation sites excluding steroid dienone is 4. The van der Waals surface area contributed by atoms with Crippen molar-refractivity contribution in [3.8, 4) is 17.2 Å². The normalized spacial score (nSPS) is 12.6. The van der Waals surface area contributed by atoms with E-state index in [-0.39, 0.29) is 18.6 Å². The van der Waals surface area contributed by atoms with E-state index in [0.29, 0.717) is 22.6 Å². The second-order valence-corrected chi connectivity index (χ2v) is 5.11. The molecule has 0 fully saturated rings. The van der Waals surface area contributed by atoms with Gasteiger partial charge in [-0.05, 0) is 5.57 Å². The fourth-order valence-electron chi connectivity index (χ4n) is 2.42. The molecule has 6 nitrogen and oxygen atoms in total. The molecule has 1 aromatic rings. The van der Waals surface area contributed by atoms with Gasteiger partial charge < -0.3 is 24.5 Å². The first-order valence-corrected chi connectivity index (χ1v) is 7.57. The highest BCUT2D eigenvalue weighted by Gasteiger charge is 2.23. The minimum absolute atomic E-state index is 0.0645. The van der Waals surface area contributed by atoms with E-state index < -0.39 is 11.9 Å². The number of aldehydes is 1. The van der Waals surface area contributed by atoms with Crippen LogP contribution in [0.25, 0.3) is 0 Å². The standard InChI is InChI=1S/C19H22O6/c1-4-13(7-5-6-8-18(22)23)15(9-10-20)19-16(21)11-14(24-2)12-17(19)25-3/h4-7,10-12,15,21H,1,8-9H2,2-3H3,(H,22,23)/b6-5+,13-7+/t15-/m1/s1. The van der Waals surface area contributed by atoms with Gasteiger partial charge in [0.1, 0.15) is 23.5 Å². The summed E-state index contributed by atoms with van der Waals surface area (Å²) in [6, 6.07) is 3.06. The van der Waals surface area contributed by atoms with Crippen molar-refractivity contribution >= 4 is 12.3 Å². The lowest BCUT2D eigenvalue weighted by molar-refractivity contribution is -0.136. The van der Waals surface area contributed by atoms with Gasteiger partial charge >= 0.3 is 5.97 Å². The van der Waals surface area contributed by atoms with Gasteiger partial charge in [-0.15, -0.1) is 0 Å². The van der Waals surface area contributed by atoms with Crippen LogP contribution >= 0.6 is 0 Å². The summed E-state index contributed by atoms with van der Waals surface area (Å²) in [5.74, 6) is -0.696. The molecule has 1 atom stereocenters. The zero-order chi connectivity index (χ0) is 18.8. The number of rotatable bonds is 10. The Kier molecular flexibility index (Phi) is 7.99. The van der Waals surface area contributed by atoms with Crippen molar-refractivity contribution in [3.05, 3.63) is 54.2 Å². The summed E-state index contributed by atoms with van der Waals surface area (Å²) in [4.78, 5) is 21.7. The lowest BCUT2D eigenvalue weighted by Crippen LogP contribution is -2.06. The van der Waals surface area contributed by atoms with Crippen molar-refractivity contribution in [1.29, 1.82) is 0 Å². The van der Waals surface area contributed by atoms with Crippen LogP contribution in [0.4, 0.5) is 0 Å². The Morgan fingerprint density at radius 2 is 2.04 bits per heavy atom. The number of ether oxygens (including phenoxy) is 2. The number of aromatic hydroxyl groups is 1. The third-order valence-electron chi connectivity index (χ3n) is 3.59. The van der Waals surface area contributed by atoms with Gasteiger partial charge in [-0.3, -0.25) is 4.79 Å². The van der Waals surface area contributed by atoms with Gasteiger partial charge in [-0.25, -0.2) is 0 Å². The molecule has 25 heavy (non-hydrogen) atoms. The van der Waals surface area contributed by atoms with E-state index in [9.17, 15) is 14.7 Å². The first kappa shape index (κ1) is 20.0. The maximum absolute atomic E-state index is 11.2. The molecule has 0 spiro atoms. The molecule has 0 aliphatic rings. The van der Waals surface area contributed by atoms with E-state index in [1.807, 2.05) is 0 Å². The maximum atomic E-state index is 11.2. The number of phenols is 1. The lowest BCUT2D eigenvalue weighted by atomic mass is 9.86. The third kappa shape index (κ3) is 5.53. The molecule has 1 rings (SSSR count). The molecule has 0 radical (unpaired) electrons. The van der Waals surface area contributed by atoms with Crippen molar-refractivity contribution in [3.63, 3.8) is 0 Å². The van der Waals surface area contributed by atoms with Crippen molar-refractivity contribution in [2.45, 2.75) is 18.8 Å². The zero-order valence-corrected chi connectivity index (χ0v) is 14.3. The quantitative estimate of drug-likeness (QED) is 0.499. The molecule has 0 unspecified atom stereocenters. The maximum Gasteiger partial charge on any atom is 0.307 e. The summed E-state index contributed by atoms with van der Waals surface area (Å²) >= 11 is 0. The van der Waals surface area contributed by atoms with E-state index in [1.54, 1.807) is 24.3 Å². The van der Waals surface area contributed by atoms with Crippen LogP contribution in [-0.2, 0) is 9.59 Å². The van der Waals surface area contributed by atoms with Gasteiger partial charge in [-0.1, -0.05) is 30.9 Å². The molecule has 134 valence electrons. The predicted octanol–water partition coefficient (Wildman–Crippen LogP) is 3.23. The van der Waals surface area contributed by atoms with Crippen LogP contribution in [0, 0.1) is 0 Å². The Morgan fingerprint density at radius 3 is 2.56 bits per heavy atom. The van der Waals surface area contributed by atoms with Crippen LogP contribution in [0.1, 0.15) is 24.3 Å². The molecule has 0 bridgehead atoms. The molecule has 0 saturated heterocycles. The molecule has 0 aromatic heterocycles. The molecule has 6 heteroatoms. The van der Waals surface area contributed by atoms with Crippen molar-refractivity contribution in [1.82, 2.24) is 0 Å². The number of benzene rings is 1. The van der Waals surface area contributed by atoms with Gasteiger partial charge in [0.15, 0.2) is 0 Å². The van der Waals surface area contributed by atoms with Crippen LogP contribution in [0.2, 0.25) is 0 Å². The van der Waals surface area contributed by atoms with Crippen molar-refractivity contribution < 1.29 is 29.3 Å². The Labute approximate surface area is 146 Å². The monoisotopic (exact) mass is 346 g/mol. The number of aliphatic carboxylic acids is 1. The number of methoxy groups -OCH3 is 2. The molecular weight excluding hydrogens is 324 g/mol. The van der Waals surface area contributed by atoms with Gasteiger partial charge in [0.2, 0.25) is 0 Å². The number of phenolic OH excluding ortho intramolecular Hbond substituents is 1. The Balaban J connectivity index is 3.36. The number of carbonyl (C=O) groups excluding carboxylic acids is 1. The number of carboxylic acid groups (broad SMARTS) is 1. The average molecular weight is 346 g/mol. The summed E-state index contributed by atoms with van der Waals surface area (Å²) in [5, 5.41) is 19.0. The fourth-order valence-corrected chi connectivity index (χ4v) is 2.42. The highest BCUT2D eigenvalue weighted by atomic mass is 16.5. The first-order valence-electron chi connectivity index (χ1n) is 7.57. The van der Waals surface area contributed by atoms with E-state index >= 15 is 0 Å². The lowest BCUT2D eigenvalue weighted by Gasteiger charge is -2.21. The number of hydrogen-bond acceptors (Lipinski definition) is 5. The number of carbonyl (C=O) groups is 2. The van der Waals surface area contributed by atoms with Crippen molar-refractivity contribution in [2.24, 2.45) is 0 Å². The van der Waals surface area contributed by atoms with E-state index in [0.717, 1.165) is 6.29 Å². The minimum Gasteiger partial charge on any atom is -0.507 e. The van der Waals surface area contributed by atoms with Crippen LogP contribution < -0.4 is 9.47 Å². The molecule has 1 aromatic carbocycles. The molecule has 0 aliphatic carbocycles. The van der Waals surface area contributed by atoms with E-state index in [1.165, 1.54) is 26.4 Å². The van der Waals surface area contributed by atoms with Gasteiger partial charge in [-0.2, -0.15) is 0 Å². The SMILES string of the molecule is C=C/C(=C\C=C\CC(=O)O)[C@@H](CC=O)c1c(O)cc(OC)cc1OC. The largest absolute Gasteiger partial charge is 0.507 e. The second-order valence-electron chi connectivity index (χ2n) is 5.11. The number of hydrogen-bond donors (Lipinski definition) is 2. The molecule has 0 saturated carbocycles. The Morgan fingerprint density at radius 1 is 1.32 bits per heavy atom. The summed E-state index contributed by atoms with van der Waals surface area (Å²) in [6.45, 7) is 3.74. The summed E-state index contributed by atoms with van der Waals surface area (Å²) in [6.07, 6.45) is 7.00. The summed E-state index contributed by atoms with van der Waals surface area (Å²) in [5.41, 5.74) is 1.08. The molecular formula is C19H22O6. The smallest absolute Gasteiger partial charge is 0.307 e. The first-order chi connectivity index (χ1) is 12.0. The van der Waals surface area contributed by atoms with Crippen molar-refractivity contribution in [2.75, 3.05) is 14.2 Å². The van der Waals surface area contributed by atoms with Crippen LogP contribution in [-0.4, -0.2) is 36.7 Å². The third-order valence-corrected chi connectivity index (χ3v) is 3.59. The highest BCUT2D eigenvalue weighted by molar-refractivity contribution is 5.68. The van der Waals surface area contributed by atoms with E-state index in [4.69, 9.17) is 14.6 Å². The molecule has 0 heterocycles. The minimum atomic E-state index is -0.941. The molecule has 0 amide bonds. The van der Waals surface area contributed by atoms with Gasteiger partial charge in [0.25, 0.3) is 0 Å². The molecule has 2 N–H and O–H groups in total. The molecule has 0 aliphatic heterocycles. The predicted molar refractivity (Wildman–Crippen MR) is 94.3 cm³/mol. The van der Waals surface area contributed by atoms with Gasteiger partial charge in [0.05, 0.1) is 20.6 Å². The topological polar surface area (TPSA) is 93.1 Å². The second kappa shape index (κ2) is 9.97. The van der Waals surface area contributed by atoms with Gasteiger partial charge in [0, 0.05) is 30.0 Å².